The van der Waals surface area contributed by atoms with E-state index in [1.807, 2.05) is 0 Å². The Bertz CT molecular complexity index is 572. The summed E-state index contributed by atoms with van der Waals surface area (Å²) in [5, 5.41) is 0.727. The first-order chi connectivity index (χ1) is 8.61. The summed E-state index contributed by atoms with van der Waals surface area (Å²) in [5.74, 6) is -0.516. The molecule has 0 aliphatic rings. The van der Waals surface area contributed by atoms with Gasteiger partial charge in [0.05, 0.1) is 28.8 Å². The van der Waals surface area contributed by atoms with Gasteiger partial charge in [0.1, 0.15) is 6.26 Å². The molecule has 1 heterocycles. The molecule has 0 aliphatic carbocycles. The van der Waals surface area contributed by atoms with Gasteiger partial charge in [0, 0.05) is 5.69 Å². The molecule has 94 valence electrons. The molecule has 18 heavy (non-hydrogen) atoms. The molecule has 0 bridgehead atoms. The molecule has 0 fully saturated rings. The van der Waals surface area contributed by atoms with Crippen LogP contribution in [-0.2, 0) is 4.74 Å². The highest BCUT2D eigenvalue weighted by molar-refractivity contribution is 7.99. The van der Waals surface area contributed by atoms with Gasteiger partial charge in [-0.2, -0.15) is 0 Å². The van der Waals surface area contributed by atoms with Crippen molar-refractivity contribution < 1.29 is 13.9 Å². The van der Waals surface area contributed by atoms with Gasteiger partial charge >= 0.3 is 5.97 Å². The van der Waals surface area contributed by atoms with Crippen LogP contribution in [0.1, 0.15) is 10.4 Å². The highest BCUT2D eigenvalue weighted by atomic mass is 35.5. The summed E-state index contributed by atoms with van der Waals surface area (Å²) in [6, 6.07) is 3.06. The molecule has 5 nitrogen and oxygen atoms in total. The van der Waals surface area contributed by atoms with Crippen LogP contribution in [0.2, 0.25) is 5.02 Å². The van der Waals surface area contributed by atoms with Crippen LogP contribution in [-0.4, -0.2) is 18.1 Å². The van der Waals surface area contributed by atoms with E-state index in [-0.39, 0.29) is 5.56 Å². The van der Waals surface area contributed by atoms with Gasteiger partial charge in [-0.1, -0.05) is 11.6 Å². The number of anilines is 1. The van der Waals surface area contributed by atoms with Crippen molar-refractivity contribution in [1.82, 2.24) is 4.98 Å². The lowest BCUT2D eigenvalue weighted by atomic mass is 10.2. The van der Waals surface area contributed by atoms with Crippen molar-refractivity contribution in [1.29, 1.82) is 0 Å². The van der Waals surface area contributed by atoms with Crippen LogP contribution in [0.4, 0.5) is 5.69 Å². The van der Waals surface area contributed by atoms with E-state index < -0.39 is 5.97 Å². The van der Waals surface area contributed by atoms with Crippen LogP contribution < -0.4 is 5.73 Å². The lowest BCUT2D eigenvalue weighted by Crippen LogP contribution is -2.04. The number of carbonyl (C=O) groups excluding carboxylic acids is 1. The molecular formula is C11H9ClN2O3S. The second-order valence-corrected chi connectivity index (χ2v) is 4.64. The topological polar surface area (TPSA) is 78.4 Å². The molecule has 1 aromatic carbocycles. The Morgan fingerprint density at radius 3 is 2.94 bits per heavy atom. The van der Waals surface area contributed by atoms with Gasteiger partial charge in [0.25, 0.3) is 5.22 Å². The van der Waals surface area contributed by atoms with Crippen LogP contribution in [0.15, 0.2) is 39.1 Å². The number of oxazole rings is 1. The van der Waals surface area contributed by atoms with Gasteiger partial charge in [-0.05, 0) is 23.9 Å². The second kappa shape index (κ2) is 5.32. The van der Waals surface area contributed by atoms with E-state index in [1.54, 1.807) is 6.07 Å². The maximum absolute atomic E-state index is 11.7. The third-order valence-corrected chi connectivity index (χ3v) is 3.50. The van der Waals surface area contributed by atoms with Crippen molar-refractivity contribution >= 4 is 35.0 Å². The smallest absolute Gasteiger partial charge is 0.339 e. The van der Waals surface area contributed by atoms with Crippen molar-refractivity contribution in [3.05, 3.63) is 35.2 Å². The first-order valence-electron chi connectivity index (χ1n) is 4.86. The van der Waals surface area contributed by atoms with Crippen LogP contribution in [0.3, 0.4) is 0 Å². The number of halogens is 1. The fraction of sp³-hybridized carbons (Fsp3) is 0.0909. The summed E-state index contributed by atoms with van der Waals surface area (Å²) < 4.78 is 9.79. The summed E-state index contributed by atoms with van der Waals surface area (Å²) in [6.45, 7) is 0. The number of aromatic nitrogens is 1. The predicted molar refractivity (Wildman–Crippen MR) is 67.8 cm³/mol. The number of nitrogens with two attached hydrogens (primary N) is 1. The minimum Gasteiger partial charge on any atom is -0.465 e. The number of methoxy groups -OCH3 is 1. The molecule has 2 N–H and O–H groups in total. The average molecular weight is 285 g/mol. The number of nitrogen functional groups attached to an aromatic ring is 1. The Morgan fingerprint density at radius 2 is 2.33 bits per heavy atom. The van der Waals surface area contributed by atoms with Gasteiger partial charge in [-0.25, -0.2) is 9.78 Å². The molecule has 0 unspecified atom stereocenters. The standard InChI is InChI=1S/C11H9ClN2O3S/c1-16-10(15)7-4-6(13)5-8(12)9(7)18-11-14-2-3-17-11/h2-5H,13H2,1H3. The number of rotatable bonds is 3. The highest BCUT2D eigenvalue weighted by Gasteiger charge is 2.18. The summed E-state index contributed by atoms with van der Waals surface area (Å²) in [6.07, 6.45) is 2.94. The van der Waals surface area contributed by atoms with Crippen LogP contribution in [0, 0.1) is 0 Å². The number of benzene rings is 1. The van der Waals surface area contributed by atoms with Gasteiger partial charge < -0.3 is 14.9 Å². The first-order valence-corrected chi connectivity index (χ1v) is 6.06. The third-order valence-electron chi connectivity index (χ3n) is 2.07. The molecule has 0 spiro atoms. The number of hydrogen-bond donors (Lipinski definition) is 1. The Hall–Kier alpha value is -1.66. The van der Waals surface area contributed by atoms with Crippen LogP contribution >= 0.6 is 23.4 Å². The maximum Gasteiger partial charge on any atom is 0.339 e. The molecule has 0 saturated carbocycles. The van der Waals surface area contributed by atoms with E-state index in [9.17, 15) is 4.79 Å². The first kappa shape index (κ1) is 12.8. The van der Waals surface area contributed by atoms with Gasteiger partial charge in [0.15, 0.2) is 0 Å². The molecule has 2 aromatic rings. The summed E-state index contributed by atoms with van der Waals surface area (Å²) in [5.41, 5.74) is 6.32. The Labute approximate surface area is 112 Å². The maximum atomic E-state index is 11.7. The molecule has 0 radical (unpaired) electrons. The molecule has 0 amide bonds. The Balaban J connectivity index is 2.47. The van der Waals surface area contributed by atoms with Crippen molar-refractivity contribution in [3.8, 4) is 0 Å². The quantitative estimate of drug-likeness (QED) is 0.690. The zero-order valence-electron chi connectivity index (χ0n) is 9.34. The van der Waals surface area contributed by atoms with Crippen molar-refractivity contribution in [2.75, 3.05) is 12.8 Å². The minimum absolute atomic E-state index is 0.283. The second-order valence-electron chi connectivity index (χ2n) is 3.27. The van der Waals surface area contributed by atoms with E-state index in [4.69, 9.17) is 21.8 Å². The molecule has 0 aliphatic heterocycles. The molecule has 1 aromatic heterocycles. The van der Waals surface area contributed by atoms with E-state index in [1.165, 1.54) is 25.6 Å². The summed E-state index contributed by atoms with van der Waals surface area (Å²) >= 11 is 7.21. The largest absolute Gasteiger partial charge is 0.465 e. The molecule has 2 rings (SSSR count). The average Bonchev–Trinajstić information content (AvgIpc) is 2.84. The third kappa shape index (κ3) is 2.60. The minimum atomic E-state index is -0.516. The van der Waals surface area contributed by atoms with Crippen molar-refractivity contribution in [2.24, 2.45) is 0 Å². The van der Waals surface area contributed by atoms with E-state index in [0.29, 0.717) is 20.8 Å². The molecule has 0 atom stereocenters. The highest BCUT2D eigenvalue weighted by Crippen LogP contribution is 2.37. The zero-order valence-corrected chi connectivity index (χ0v) is 10.9. The SMILES string of the molecule is COC(=O)c1cc(N)cc(Cl)c1Sc1ncco1. The summed E-state index contributed by atoms with van der Waals surface area (Å²) in [4.78, 5) is 16.1. The van der Waals surface area contributed by atoms with E-state index in [0.717, 1.165) is 11.8 Å². The lowest BCUT2D eigenvalue weighted by molar-refractivity contribution is 0.0597. The van der Waals surface area contributed by atoms with Gasteiger partial charge in [0.2, 0.25) is 0 Å². The number of nitrogens with zero attached hydrogens (tertiary/aromatic N) is 1. The fourth-order valence-electron chi connectivity index (χ4n) is 1.33. The lowest BCUT2D eigenvalue weighted by Gasteiger charge is -2.09. The number of carbonyl (C=O) groups is 1. The van der Waals surface area contributed by atoms with Gasteiger partial charge in [-0.15, -0.1) is 0 Å². The summed E-state index contributed by atoms with van der Waals surface area (Å²) in [7, 11) is 1.29. The van der Waals surface area contributed by atoms with Gasteiger partial charge in [-0.3, -0.25) is 0 Å². The normalized spacial score (nSPS) is 10.3. The number of esters is 1. The zero-order chi connectivity index (χ0) is 13.1. The monoisotopic (exact) mass is 284 g/mol. The molecular weight excluding hydrogens is 276 g/mol. The number of hydrogen-bond acceptors (Lipinski definition) is 6. The molecule has 7 heteroatoms. The molecule has 0 saturated heterocycles. The van der Waals surface area contributed by atoms with Crippen molar-refractivity contribution in [2.45, 2.75) is 10.1 Å². The van der Waals surface area contributed by atoms with E-state index in [2.05, 4.69) is 9.72 Å². The predicted octanol–water partition coefficient (Wildman–Crippen LogP) is 2.85. The number of ether oxygens (including phenoxy) is 1. The van der Waals surface area contributed by atoms with Crippen LogP contribution in [0.25, 0.3) is 0 Å². The Kier molecular flexibility index (Phi) is 3.78. The van der Waals surface area contributed by atoms with E-state index >= 15 is 0 Å². The van der Waals surface area contributed by atoms with Crippen LogP contribution in [0.5, 0.6) is 0 Å². The van der Waals surface area contributed by atoms with Crippen molar-refractivity contribution in [3.63, 3.8) is 0 Å². The fourth-order valence-corrected chi connectivity index (χ4v) is 2.47. The Morgan fingerprint density at radius 1 is 1.56 bits per heavy atom.